The molecule has 0 saturated carbocycles. The number of nitrogens with zero attached hydrogens (tertiary/aromatic N) is 3. The highest BCUT2D eigenvalue weighted by Gasteiger charge is 2.19. The fourth-order valence-corrected chi connectivity index (χ4v) is 1.51. The van der Waals surface area contributed by atoms with Crippen molar-refractivity contribution in [2.24, 2.45) is 0 Å². The summed E-state index contributed by atoms with van der Waals surface area (Å²) in [5, 5.41) is 14.9. The minimum Gasteiger partial charge on any atom is -0.447 e. The average molecular weight is 248 g/mol. The molecule has 1 aromatic heterocycles. The van der Waals surface area contributed by atoms with Gasteiger partial charge in [0, 0.05) is 6.54 Å². The highest BCUT2D eigenvalue weighted by molar-refractivity contribution is 5.66. The zero-order valence-electron chi connectivity index (χ0n) is 9.74. The van der Waals surface area contributed by atoms with Gasteiger partial charge in [-0.05, 0) is 19.1 Å². The summed E-state index contributed by atoms with van der Waals surface area (Å²) >= 11 is 0. The molecule has 1 heterocycles. The maximum Gasteiger partial charge on any atom is 0.334 e. The van der Waals surface area contributed by atoms with Crippen LogP contribution in [0.5, 0.6) is 11.5 Å². The Morgan fingerprint density at radius 3 is 2.94 bits per heavy atom. The lowest BCUT2D eigenvalue weighted by Crippen LogP contribution is -1.98. The summed E-state index contributed by atoms with van der Waals surface area (Å²) in [7, 11) is 0. The first-order valence-electron chi connectivity index (χ1n) is 5.35. The fourth-order valence-electron chi connectivity index (χ4n) is 1.51. The van der Waals surface area contributed by atoms with Crippen molar-refractivity contribution < 1.29 is 9.66 Å². The molecule has 0 aliphatic heterocycles. The number of para-hydroxylation sites is 1. The Balaban J connectivity index is 2.34. The molecular weight excluding hydrogens is 236 g/mol. The van der Waals surface area contributed by atoms with Crippen LogP contribution in [0.4, 0.5) is 11.4 Å². The number of ether oxygens (including phenoxy) is 1. The first kappa shape index (κ1) is 11.9. The second-order valence-corrected chi connectivity index (χ2v) is 3.58. The summed E-state index contributed by atoms with van der Waals surface area (Å²) in [6, 6.07) is 4.56. The third-order valence-corrected chi connectivity index (χ3v) is 2.37. The van der Waals surface area contributed by atoms with Crippen LogP contribution in [-0.4, -0.2) is 14.7 Å². The lowest BCUT2D eigenvalue weighted by Gasteiger charge is -2.05. The Morgan fingerprint density at radius 2 is 2.33 bits per heavy atom. The molecular formula is C11H12N4O3. The van der Waals surface area contributed by atoms with Gasteiger partial charge in [0.15, 0.2) is 5.75 Å². The number of aryl methyl sites for hydroxylation is 1. The number of nitro groups is 1. The van der Waals surface area contributed by atoms with Crippen molar-refractivity contribution in [2.45, 2.75) is 13.5 Å². The fraction of sp³-hybridized carbons (Fsp3) is 0.182. The van der Waals surface area contributed by atoms with E-state index in [9.17, 15) is 10.1 Å². The predicted molar refractivity (Wildman–Crippen MR) is 65.5 cm³/mol. The molecule has 0 radical (unpaired) electrons. The Hall–Kier alpha value is -2.57. The standard InChI is InChI=1S/C11H12N4O3/c1-2-14-7-8(6-13-14)18-10-5-3-4-9(12)11(10)15(16)17/h3-7H,2,12H2,1H3. The molecule has 2 aromatic rings. The topological polar surface area (TPSA) is 96.2 Å². The lowest BCUT2D eigenvalue weighted by molar-refractivity contribution is -0.384. The summed E-state index contributed by atoms with van der Waals surface area (Å²) < 4.78 is 7.09. The van der Waals surface area contributed by atoms with Gasteiger partial charge in [-0.3, -0.25) is 14.8 Å². The van der Waals surface area contributed by atoms with Gasteiger partial charge in [0.1, 0.15) is 5.69 Å². The first-order chi connectivity index (χ1) is 8.61. The number of benzene rings is 1. The number of nitro benzene ring substituents is 1. The van der Waals surface area contributed by atoms with E-state index in [4.69, 9.17) is 10.5 Å². The highest BCUT2D eigenvalue weighted by Crippen LogP contribution is 2.35. The number of aromatic nitrogens is 2. The summed E-state index contributed by atoms with van der Waals surface area (Å²) in [5.74, 6) is 0.543. The first-order valence-corrected chi connectivity index (χ1v) is 5.35. The van der Waals surface area contributed by atoms with E-state index >= 15 is 0 Å². The molecule has 7 nitrogen and oxygen atoms in total. The molecule has 7 heteroatoms. The molecule has 0 unspecified atom stereocenters. The van der Waals surface area contributed by atoms with Gasteiger partial charge in [0.25, 0.3) is 0 Å². The van der Waals surface area contributed by atoms with Crippen molar-refractivity contribution in [2.75, 3.05) is 5.73 Å². The van der Waals surface area contributed by atoms with Gasteiger partial charge >= 0.3 is 5.69 Å². The normalized spacial score (nSPS) is 10.3. The quantitative estimate of drug-likeness (QED) is 0.508. The van der Waals surface area contributed by atoms with E-state index in [2.05, 4.69) is 5.10 Å². The molecule has 2 N–H and O–H groups in total. The van der Waals surface area contributed by atoms with Gasteiger partial charge < -0.3 is 10.5 Å². The Bertz CT molecular complexity index is 579. The summed E-state index contributed by atoms with van der Waals surface area (Å²) in [5.41, 5.74) is 5.40. The van der Waals surface area contributed by atoms with E-state index < -0.39 is 4.92 Å². The average Bonchev–Trinajstić information content (AvgIpc) is 2.76. The van der Waals surface area contributed by atoms with Crippen LogP contribution in [0, 0.1) is 10.1 Å². The number of hydrogen-bond acceptors (Lipinski definition) is 5. The highest BCUT2D eigenvalue weighted by atomic mass is 16.6. The van der Waals surface area contributed by atoms with Crippen LogP contribution in [0.1, 0.15) is 6.92 Å². The number of nitrogen functional groups attached to an aromatic ring is 1. The van der Waals surface area contributed by atoms with E-state index in [1.807, 2.05) is 6.92 Å². The maximum atomic E-state index is 10.9. The Labute approximate surface area is 103 Å². The van der Waals surface area contributed by atoms with E-state index in [0.717, 1.165) is 0 Å². The molecule has 0 fully saturated rings. The lowest BCUT2D eigenvalue weighted by atomic mass is 10.2. The molecule has 0 atom stereocenters. The second-order valence-electron chi connectivity index (χ2n) is 3.58. The van der Waals surface area contributed by atoms with E-state index in [-0.39, 0.29) is 17.1 Å². The van der Waals surface area contributed by atoms with Gasteiger partial charge in [-0.15, -0.1) is 0 Å². The third kappa shape index (κ3) is 2.24. The van der Waals surface area contributed by atoms with Crippen molar-refractivity contribution in [1.29, 1.82) is 0 Å². The maximum absolute atomic E-state index is 10.9. The number of nitrogens with two attached hydrogens (primary N) is 1. The smallest absolute Gasteiger partial charge is 0.334 e. The van der Waals surface area contributed by atoms with E-state index in [0.29, 0.717) is 12.3 Å². The van der Waals surface area contributed by atoms with Crippen LogP contribution < -0.4 is 10.5 Å². The predicted octanol–water partition coefficient (Wildman–Crippen LogP) is 2.19. The van der Waals surface area contributed by atoms with Crippen LogP contribution >= 0.6 is 0 Å². The van der Waals surface area contributed by atoms with Gasteiger partial charge in [-0.2, -0.15) is 5.10 Å². The van der Waals surface area contributed by atoms with Gasteiger partial charge in [0.2, 0.25) is 5.75 Å². The third-order valence-electron chi connectivity index (χ3n) is 2.37. The molecule has 0 aliphatic carbocycles. The molecule has 0 spiro atoms. The molecule has 1 aromatic carbocycles. The van der Waals surface area contributed by atoms with E-state index in [1.165, 1.54) is 18.3 Å². The molecule has 0 bridgehead atoms. The minimum absolute atomic E-state index is 0.0698. The monoisotopic (exact) mass is 248 g/mol. The van der Waals surface area contributed by atoms with Crippen LogP contribution in [0.3, 0.4) is 0 Å². The van der Waals surface area contributed by atoms with Crippen LogP contribution in [-0.2, 0) is 6.54 Å². The summed E-state index contributed by atoms with van der Waals surface area (Å²) in [6.45, 7) is 2.63. The van der Waals surface area contributed by atoms with Crippen LogP contribution in [0.2, 0.25) is 0 Å². The van der Waals surface area contributed by atoms with Gasteiger partial charge in [0.05, 0.1) is 17.3 Å². The van der Waals surface area contributed by atoms with Crippen LogP contribution in [0.15, 0.2) is 30.6 Å². The number of hydrogen-bond donors (Lipinski definition) is 1. The molecule has 18 heavy (non-hydrogen) atoms. The molecule has 2 rings (SSSR count). The number of rotatable bonds is 4. The molecule has 0 saturated heterocycles. The molecule has 0 aliphatic rings. The summed E-state index contributed by atoms with van der Waals surface area (Å²) in [4.78, 5) is 10.4. The molecule has 0 amide bonds. The Kier molecular flexibility index (Phi) is 3.13. The van der Waals surface area contributed by atoms with Crippen molar-refractivity contribution in [3.8, 4) is 11.5 Å². The van der Waals surface area contributed by atoms with Crippen molar-refractivity contribution >= 4 is 11.4 Å². The molecule has 94 valence electrons. The van der Waals surface area contributed by atoms with Gasteiger partial charge in [-0.1, -0.05) is 6.07 Å². The van der Waals surface area contributed by atoms with Gasteiger partial charge in [-0.25, -0.2) is 0 Å². The van der Waals surface area contributed by atoms with Crippen molar-refractivity contribution in [3.63, 3.8) is 0 Å². The van der Waals surface area contributed by atoms with Crippen LogP contribution in [0.25, 0.3) is 0 Å². The summed E-state index contributed by atoms with van der Waals surface area (Å²) in [6.07, 6.45) is 3.16. The number of anilines is 1. The van der Waals surface area contributed by atoms with Crippen molar-refractivity contribution in [1.82, 2.24) is 9.78 Å². The van der Waals surface area contributed by atoms with E-state index in [1.54, 1.807) is 16.9 Å². The van der Waals surface area contributed by atoms with Crippen molar-refractivity contribution in [3.05, 3.63) is 40.7 Å². The Morgan fingerprint density at radius 1 is 1.56 bits per heavy atom. The zero-order chi connectivity index (χ0) is 13.1. The second kappa shape index (κ2) is 4.74. The largest absolute Gasteiger partial charge is 0.447 e. The zero-order valence-corrected chi connectivity index (χ0v) is 9.74. The minimum atomic E-state index is -0.561. The SMILES string of the molecule is CCn1cc(Oc2cccc(N)c2[N+](=O)[O-])cn1.